The first-order valence-electron chi connectivity index (χ1n) is 27.2. The van der Waals surface area contributed by atoms with Gasteiger partial charge >= 0.3 is 0 Å². The second-order valence-electron chi connectivity index (χ2n) is 18.4. The molecule has 0 heterocycles. The molecule has 0 spiro atoms. The Morgan fingerprint density at radius 2 is 0.316 bits per heavy atom. The third-order valence-electron chi connectivity index (χ3n) is 11.6. The molecule has 0 aliphatic rings. The minimum absolute atomic E-state index is 0. The Labute approximate surface area is 483 Å². The number of carboxylic acids is 6. The fourth-order valence-electron chi connectivity index (χ4n) is 7.46. The van der Waals surface area contributed by atoms with Crippen molar-refractivity contribution in [2.45, 2.75) is 154 Å². The van der Waals surface area contributed by atoms with Crippen LogP contribution in [-0.4, -0.2) is 35.8 Å². The largest absolute Gasteiger partial charge is 0.550 e. The molecule has 0 unspecified atom stereocenters. The monoisotopic (exact) mass is 1160 g/mol. The van der Waals surface area contributed by atoms with Crippen molar-refractivity contribution in [2.75, 3.05) is 0 Å². The van der Waals surface area contributed by atoms with E-state index in [2.05, 4.69) is 72.8 Å². The predicted molar refractivity (Wildman–Crippen MR) is 294 cm³/mol. The summed E-state index contributed by atoms with van der Waals surface area (Å²) in [5.41, 5.74) is 7.59. The van der Waals surface area contributed by atoms with Crippen molar-refractivity contribution in [1.82, 2.24) is 0 Å². The van der Waals surface area contributed by atoms with Gasteiger partial charge in [-0.3, -0.25) is 0 Å². The SMILES string of the molecule is O=C([O-])CCCCc1ccccc1.O=C([O-])CCCCc1ccccc1.O=C([O-])CCCCc1ccccc1.O=C([O-])CCCCc1ccccc1.O=C([O-])CCCCc1ccccc1.O=C([O-])CCCCc1ccccc1.[Mo]. The van der Waals surface area contributed by atoms with Gasteiger partial charge in [0.1, 0.15) is 0 Å². The van der Waals surface area contributed by atoms with Gasteiger partial charge in [-0.15, -0.1) is 0 Å². The maximum Gasteiger partial charge on any atom is 0.0414 e. The molecule has 0 fully saturated rings. The van der Waals surface area contributed by atoms with Gasteiger partial charge in [0.25, 0.3) is 0 Å². The summed E-state index contributed by atoms with van der Waals surface area (Å²) < 4.78 is 0. The van der Waals surface area contributed by atoms with Crippen LogP contribution in [0.25, 0.3) is 0 Å². The Bertz CT molecular complexity index is 1980. The first-order valence-corrected chi connectivity index (χ1v) is 27.2. The molecule has 13 heteroatoms. The minimum Gasteiger partial charge on any atom is -0.550 e. The molecule has 6 rings (SSSR count). The average molecular weight is 1160 g/mol. The van der Waals surface area contributed by atoms with E-state index in [0.717, 1.165) is 77.0 Å². The van der Waals surface area contributed by atoms with Crippen LogP contribution in [-0.2, 0) is 88.4 Å². The van der Waals surface area contributed by atoms with Crippen LogP contribution < -0.4 is 30.6 Å². The van der Waals surface area contributed by atoms with E-state index in [1.165, 1.54) is 33.4 Å². The molecule has 0 atom stereocenters. The van der Waals surface area contributed by atoms with Crippen LogP contribution in [0.2, 0.25) is 0 Å². The molecule has 0 N–H and O–H groups in total. The Morgan fingerprint density at radius 1 is 0.203 bits per heavy atom. The second-order valence-corrected chi connectivity index (χ2v) is 18.4. The maximum absolute atomic E-state index is 10.1. The van der Waals surface area contributed by atoms with Crippen molar-refractivity contribution in [1.29, 1.82) is 0 Å². The van der Waals surface area contributed by atoms with E-state index in [-0.39, 0.29) is 59.6 Å². The quantitative estimate of drug-likeness (QED) is 0.0331. The van der Waals surface area contributed by atoms with Crippen molar-refractivity contribution in [3.8, 4) is 0 Å². The maximum atomic E-state index is 10.1. The molecule has 0 saturated heterocycles. The van der Waals surface area contributed by atoms with Crippen LogP contribution in [0.3, 0.4) is 0 Å². The number of carbonyl (C=O) groups is 6. The molecule has 79 heavy (non-hydrogen) atoms. The number of benzene rings is 6. The minimum atomic E-state index is -0.951. The van der Waals surface area contributed by atoms with Crippen LogP contribution >= 0.6 is 0 Å². The number of carboxylic acid groups (broad SMARTS) is 6. The molecule has 0 aromatic heterocycles. The molecular formula is C66H78MoO12-6. The zero-order valence-corrected chi connectivity index (χ0v) is 47.6. The van der Waals surface area contributed by atoms with Gasteiger partial charge in [0.15, 0.2) is 0 Å². The van der Waals surface area contributed by atoms with Gasteiger partial charge in [0.05, 0.1) is 0 Å². The van der Waals surface area contributed by atoms with Crippen molar-refractivity contribution < 1.29 is 80.5 Å². The molecule has 0 amide bonds. The van der Waals surface area contributed by atoms with E-state index in [1.807, 2.05) is 109 Å². The van der Waals surface area contributed by atoms with Crippen molar-refractivity contribution in [2.24, 2.45) is 0 Å². The van der Waals surface area contributed by atoms with E-state index in [1.54, 1.807) is 0 Å². The van der Waals surface area contributed by atoms with Crippen LogP contribution in [0.1, 0.15) is 149 Å². The fraction of sp³-hybridized carbons (Fsp3) is 0.364. The fourth-order valence-corrected chi connectivity index (χ4v) is 7.46. The van der Waals surface area contributed by atoms with Crippen LogP contribution in [0.4, 0.5) is 0 Å². The van der Waals surface area contributed by atoms with E-state index in [0.29, 0.717) is 38.5 Å². The summed E-state index contributed by atoms with van der Waals surface area (Å²) in [4.78, 5) is 60.6. The van der Waals surface area contributed by atoms with Gasteiger partial charge in [-0.1, -0.05) is 182 Å². The number of hydrogen-bond donors (Lipinski definition) is 0. The van der Waals surface area contributed by atoms with Gasteiger partial charge in [-0.2, -0.15) is 0 Å². The van der Waals surface area contributed by atoms with Gasteiger partial charge in [0.2, 0.25) is 0 Å². The Morgan fingerprint density at radius 3 is 0.418 bits per heavy atom. The molecule has 0 radical (unpaired) electrons. The molecule has 6 aromatic carbocycles. The summed E-state index contributed by atoms with van der Waals surface area (Å²) in [7, 11) is 0. The van der Waals surface area contributed by atoms with Crippen LogP contribution in [0.5, 0.6) is 0 Å². The van der Waals surface area contributed by atoms with Crippen LogP contribution in [0.15, 0.2) is 182 Å². The molecule has 0 aliphatic carbocycles. The molecule has 0 aliphatic heterocycles. The van der Waals surface area contributed by atoms with Crippen molar-refractivity contribution in [3.63, 3.8) is 0 Å². The number of aryl methyl sites for hydroxylation is 6. The second kappa shape index (κ2) is 50.3. The topological polar surface area (TPSA) is 241 Å². The summed E-state index contributed by atoms with van der Waals surface area (Å²) in [5, 5.41) is 60.6. The summed E-state index contributed by atoms with van der Waals surface area (Å²) >= 11 is 0. The third kappa shape index (κ3) is 48.9. The van der Waals surface area contributed by atoms with Gasteiger partial charge < -0.3 is 59.4 Å². The van der Waals surface area contributed by atoms with E-state index < -0.39 is 35.8 Å². The molecule has 426 valence electrons. The molecule has 6 aromatic rings. The summed E-state index contributed by atoms with van der Waals surface area (Å²) in [6, 6.07) is 60.4. The molecular weight excluding hydrogens is 1080 g/mol. The normalized spacial score (nSPS) is 9.72. The summed E-state index contributed by atoms with van der Waals surface area (Å²) in [6.07, 6.45) is 16.5. The average Bonchev–Trinajstić information content (AvgIpc) is 3.44. The Hall–Kier alpha value is -7.17. The Kier molecular flexibility index (Phi) is 45.8. The Balaban J connectivity index is 0.000000922. The molecule has 12 nitrogen and oxygen atoms in total. The van der Waals surface area contributed by atoms with E-state index in [4.69, 9.17) is 0 Å². The predicted octanol–water partition coefficient (Wildman–Crippen LogP) is 6.89. The van der Waals surface area contributed by atoms with Gasteiger partial charge in [-0.25, -0.2) is 0 Å². The smallest absolute Gasteiger partial charge is 0.0414 e. The zero-order valence-electron chi connectivity index (χ0n) is 45.6. The van der Waals surface area contributed by atoms with Crippen LogP contribution in [0, 0.1) is 0 Å². The molecule has 0 saturated carbocycles. The number of unbranched alkanes of at least 4 members (excludes halogenated alkanes) is 6. The number of aliphatic carboxylic acids is 6. The van der Waals surface area contributed by atoms with Crippen molar-refractivity contribution >= 4 is 35.8 Å². The number of carbonyl (C=O) groups excluding carboxylic acids is 6. The zero-order chi connectivity index (χ0) is 57.1. The summed E-state index contributed by atoms with van der Waals surface area (Å²) in [5.74, 6) is -5.71. The first kappa shape index (κ1) is 71.8. The number of hydrogen-bond acceptors (Lipinski definition) is 12. The van der Waals surface area contributed by atoms with E-state index in [9.17, 15) is 59.4 Å². The van der Waals surface area contributed by atoms with Gasteiger partial charge in [0, 0.05) is 56.9 Å². The summed E-state index contributed by atoms with van der Waals surface area (Å²) in [6.45, 7) is 0. The molecule has 0 bridgehead atoms. The third-order valence-corrected chi connectivity index (χ3v) is 11.6. The van der Waals surface area contributed by atoms with Gasteiger partial charge in [-0.05, 0) is 187 Å². The standard InChI is InChI=1S/6C11H14O2.Mo/c6*12-11(13)9-5-4-8-10-6-2-1-3-7-10;/h6*1-3,6-7H,4-5,8-9H2,(H,12,13);/p-6. The van der Waals surface area contributed by atoms with Crippen molar-refractivity contribution in [3.05, 3.63) is 215 Å². The first-order chi connectivity index (χ1) is 37.7. The number of rotatable bonds is 30. The van der Waals surface area contributed by atoms with E-state index >= 15 is 0 Å².